The summed E-state index contributed by atoms with van der Waals surface area (Å²) in [5, 5.41) is 17.6. The van der Waals surface area contributed by atoms with Crippen molar-refractivity contribution in [3.63, 3.8) is 0 Å². The van der Waals surface area contributed by atoms with E-state index in [1.54, 1.807) is 18.2 Å². The van der Waals surface area contributed by atoms with Crippen molar-refractivity contribution in [3.05, 3.63) is 65.7 Å². The lowest BCUT2D eigenvalue weighted by molar-refractivity contribution is -0.142. The number of likely N-dealkylation sites (N-methyl/N-ethyl adjacent to an activating group) is 1. The van der Waals surface area contributed by atoms with Crippen LogP contribution in [-0.4, -0.2) is 77.9 Å². The number of ether oxygens (including phenoxy) is 1. The van der Waals surface area contributed by atoms with Gasteiger partial charge >= 0.3 is 5.97 Å². The lowest BCUT2D eigenvalue weighted by Gasteiger charge is -2.27. The molecule has 1 aliphatic heterocycles. The molecule has 0 radical (unpaired) electrons. The number of carboxylic acid groups (broad SMARTS) is 1. The number of nitrogens with zero attached hydrogens (tertiary/aromatic N) is 1. The van der Waals surface area contributed by atoms with E-state index in [1.807, 2.05) is 44.2 Å². The Morgan fingerprint density at radius 2 is 1.65 bits per heavy atom. The summed E-state index contributed by atoms with van der Waals surface area (Å²) in [5.74, 6) is -3.56. The summed E-state index contributed by atoms with van der Waals surface area (Å²) < 4.78 is 5.96. The number of aliphatic carboxylic acids is 1. The minimum absolute atomic E-state index is 0.000956. The molecule has 0 aliphatic carbocycles. The first kappa shape index (κ1) is 30.1. The zero-order valence-electron chi connectivity index (χ0n) is 22.9. The van der Waals surface area contributed by atoms with Gasteiger partial charge in [-0.05, 0) is 36.5 Å². The Kier molecular flexibility index (Phi) is 10.6. The van der Waals surface area contributed by atoms with Gasteiger partial charge in [-0.25, -0.2) is 4.79 Å². The maximum Gasteiger partial charge on any atom is 0.326 e. The number of carbonyl (C=O) groups excluding carboxylic acids is 4. The molecule has 0 bridgehead atoms. The number of fused-ring (bicyclic) bond motifs is 1. The van der Waals surface area contributed by atoms with Crippen molar-refractivity contribution in [1.29, 1.82) is 0 Å². The zero-order chi connectivity index (χ0) is 29.2. The number of carbonyl (C=O) groups is 5. The number of nitrogens with one attached hydrogen (secondary N) is 3. The molecule has 11 heteroatoms. The van der Waals surface area contributed by atoms with Crippen LogP contribution in [0.4, 0.5) is 0 Å². The standard InChI is InChI=1S/C29H36N4O7/c1-18(2)13-22-28(37)33(3)16-26(35)30-20(14-19-9-5-4-6-10-19)17-40-24-12-8-7-11-21(24)27(36)32-23(29(38)39)15-25(34)31-22/h4-12,18,20,22-23H,13-17H2,1-3H3,(H,30,35)(H,31,34)(H,32,36)(H,38,39)/t20-,22-,23+/m1/s1. The smallest absolute Gasteiger partial charge is 0.326 e. The second kappa shape index (κ2) is 14.1. The van der Waals surface area contributed by atoms with Crippen LogP contribution in [0.5, 0.6) is 5.75 Å². The van der Waals surface area contributed by atoms with Gasteiger partial charge in [0.25, 0.3) is 5.91 Å². The highest BCUT2D eigenvalue weighted by Gasteiger charge is 2.30. The molecule has 2 aromatic rings. The third-order valence-electron chi connectivity index (χ3n) is 6.35. The summed E-state index contributed by atoms with van der Waals surface area (Å²) in [6, 6.07) is 12.8. The van der Waals surface area contributed by atoms with Crippen LogP contribution >= 0.6 is 0 Å². The Labute approximate surface area is 233 Å². The molecule has 4 amide bonds. The summed E-state index contributed by atoms with van der Waals surface area (Å²) in [7, 11) is 1.47. The first-order valence-electron chi connectivity index (χ1n) is 13.2. The summed E-state index contributed by atoms with van der Waals surface area (Å²) >= 11 is 0. The highest BCUT2D eigenvalue weighted by molar-refractivity contribution is 6.00. The molecule has 0 fully saturated rings. The predicted octanol–water partition coefficient (Wildman–Crippen LogP) is 1.37. The van der Waals surface area contributed by atoms with Gasteiger partial charge in [0.15, 0.2) is 0 Å². The monoisotopic (exact) mass is 552 g/mol. The molecule has 3 atom stereocenters. The molecule has 1 heterocycles. The zero-order valence-corrected chi connectivity index (χ0v) is 22.9. The topological polar surface area (TPSA) is 154 Å². The first-order valence-corrected chi connectivity index (χ1v) is 13.2. The van der Waals surface area contributed by atoms with E-state index in [-0.39, 0.29) is 36.8 Å². The third-order valence-corrected chi connectivity index (χ3v) is 6.35. The van der Waals surface area contributed by atoms with Crippen LogP contribution in [0.2, 0.25) is 0 Å². The van der Waals surface area contributed by atoms with Crippen LogP contribution in [0.3, 0.4) is 0 Å². The van der Waals surface area contributed by atoms with E-state index in [1.165, 1.54) is 18.0 Å². The van der Waals surface area contributed by atoms with E-state index >= 15 is 0 Å². The number of hydrogen-bond donors (Lipinski definition) is 4. The number of rotatable bonds is 5. The maximum atomic E-state index is 13.2. The van der Waals surface area contributed by atoms with E-state index in [9.17, 15) is 29.1 Å². The van der Waals surface area contributed by atoms with Crippen molar-refractivity contribution < 1.29 is 33.8 Å². The van der Waals surface area contributed by atoms with Gasteiger partial charge in [-0.2, -0.15) is 0 Å². The van der Waals surface area contributed by atoms with Gasteiger partial charge in [0.2, 0.25) is 17.7 Å². The van der Waals surface area contributed by atoms with E-state index in [0.29, 0.717) is 6.42 Å². The lowest BCUT2D eigenvalue weighted by atomic mass is 10.0. The Hall–Kier alpha value is -4.41. The van der Waals surface area contributed by atoms with Crippen molar-refractivity contribution in [3.8, 4) is 5.75 Å². The minimum Gasteiger partial charge on any atom is -0.491 e. The molecule has 0 aromatic heterocycles. The van der Waals surface area contributed by atoms with Crippen molar-refractivity contribution in [2.45, 2.75) is 51.2 Å². The van der Waals surface area contributed by atoms with Crippen LogP contribution in [-0.2, 0) is 25.6 Å². The number of para-hydroxylation sites is 1. The molecular formula is C29H36N4O7. The van der Waals surface area contributed by atoms with Gasteiger partial charge in [-0.15, -0.1) is 0 Å². The molecule has 1 aliphatic rings. The van der Waals surface area contributed by atoms with Crippen LogP contribution in [0.25, 0.3) is 0 Å². The number of carboxylic acids is 1. The lowest BCUT2D eigenvalue weighted by Crippen LogP contribution is -2.52. The van der Waals surface area contributed by atoms with Crippen LogP contribution in [0, 0.1) is 5.92 Å². The number of amides is 4. The second-order valence-corrected chi connectivity index (χ2v) is 10.3. The fourth-order valence-corrected chi connectivity index (χ4v) is 4.42. The van der Waals surface area contributed by atoms with Gasteiger partial charge in [0.05, 0.1) is 24.6 Å². The molecule has 11 nitrogen and oxygen atoms in total. The van der Waals surface area contributed by atoms with Crippen molar-refractivity contribution >= 4 is 29.6 Å². The molecule has 40 heavy (non-hydrogen) atoms. The van der Waals surface area contributed by atoms with Gasteiger partial charge in [0.1, 0.15) is 24.4 Å². The predicted molar refractivity (Wildman–Crippen MR) is 147 cm³/mol. The SMILES string of the molecule is CC(C)C[C@H]1NC(=O)C[C@@H](C(=O)O)NC(=O)c2ccccc2OC[C@@H](Cc2ccccc2)NC(=O)CN(C)C1=O. The molecule has 0 unspecified atom stereocenters. The fraction of sp³-hybridized carbons (Fsp3) is 0.414. The molecule has 214 valence electrons. The molecular weight excluding hydrogens is 516 g/mol. The quantitative estimate of drug-likeness (QED) is 0.437. The summed E-state index contributed by atoms with van der Waals surface area (Å²) in [6.45, 7) is 3.49. The summed E-state index contributed by atoms with van der Waals surface area (Å²) in [5.41, 5.74) is 1.03. The van der Waals surface area contributed by atoms with Crippen LogP contribution in [0.15, 0.2) is 54.6 Å². The number of hydrogen-bond acceptors (Lipinski definition) is 6. The average Bonchev–Trinajstić information content (AvgIpc) is 2.90. The van der Waals surface area contributed by atoms with Crippen LogP contribution < -0.4 is 20.7 Å². The summed E-state index contributed by atoms with van der Waals surface area (Å²) in [4.78, 5) is 65.3. The molecule has 3 rings (SSSR count). The normalized spacial score (nSPS) is 21.4. The fourth-order valence-electron chi connectivity index (χ4n) is 4.42. The Balaban J connectivity index is 1.95. The van der Waals surface area contributed by atoms with E-state index in [2.05, 4.69) is 16.0 Å². The first-order chi connectivity index (χ1) is 19.0. The van der Waals surface area contributed by atoms with Gasteiger partial charge in [-0.3, -0.25) is 19.2 Å². The summed E-state index contributed by atoms with van der Waals surface area (Å²) in [6.07, 6.45) is 0.111. The van der Waals surface area contributed by atoms with Crippen molar-refractivity contribution in [1.82, 2.24) is 20.9 Å². The van der Waals surface area contributed by atoms with Crippen LogP contribution in [0.1, 0.15) is 42.6 Å². The number of benzene rings is 2. The average molecular weight is 553 g/mol. The second-order valence-electron chi connectivity index (χ2n) is 10.3. The van der Waals surface area contributed by atoms with E-state index in [4.69, 9.17) is 4.74 Å². The Bertz CT molecular complexity index is 1220. The highest BCUT2D eigenvalue weighted by atomic mass is 16.5. The molecule has 2 aromatic carbocycles. The Morgan fingerprint density at radius 1 is 0.975 bits per heavy atom. The van der Waals surface area contributed by atoms with Crippen molar-refractivity contribution in [2.75, 3.05) is 20.2 Å². The highest BCUT2D eigenvalue weighted by Crippen LogP contribution is 2.19. The maximum absolute atomic E-state index is 13.2. The molecule has 0 spiro atoms. The minimum atomic E-state index is -1.54. The Morgan fingerprint density at radius 3 is 2.33 bits per heavy atom. The van der Waals surface area contributed by atoms with Gasteiger partial charge < -0.3 is 30.7 Å². The molecule has 0 saturated heterocycles. The molecule has 0 saturated carbocycles. The van der Waals surface area contributed by atoms with E-state index in [0.717, 1.165) is 5.56 Å². The van der Waals surface area contributed by atoms with Gasteiger partial charge in [0, 0.05) is 7.05 Å². The molecule has 4 N–H and O–H groups in total. The van der Waals surface area contributed by atoms with Crippen molar-refractivity contribution in [2.24, 2.45) is 5.92 Å². The van der Waals surface area contributed by atoms with Gasteiger partial charge in [-0.1, -0.05) is 56.3 Å². The largest absolute Gasteiger partial charge is 0.491 e. The van der Waals surface area contributed by atoms with E-state index < -0.39 is 54.1 Å². The third kappa shape index (κ3) is 8.82.